The van der Waals surface area contributed by atoms with Gasteiger partial charge in [0.05, 0.1) is 11.5 Å². The topological polar surface area (TPSA) is 84.2 Å². The van der Waals surface area contributed by atoms with Gasteiger partial charge in [0.1, 0.15) is 5.76 Å². The number of hydrogen-bond acceptors (Lipinski definition) is 5. The van der Waals surface area contributed by atoms with Crippen LogP contribution in [0.1, 0.15) is 11.3 Å². The maximum atomic E-state index is 11.9. The van der Waals surface area contributed by atoms with E-state index in [0.29, 0.717) is 22.3 Å². The number of nitrogens with zero attached hydrogens (tertiary/aromatic N) is 1. The highest BCUT2D eigenvalue weighted by molar-refractivity contribution is 8.00. The van der Waals surface area contributed by atoms with Crippen molar-refractivity contribution in [2.24, 2.45) is 0 Å². The second kappa shape index (κ2) is 8.03. The van der Waals surface area contributed by atoms with E-state index in [1.54, 1.807) is 31.2 Å². The quantitative estimate of drug-likeness (QED) is 0.832. The summed E-state index contributed by atoms with van der Waals surface area (Å²) < 4.78 is 4.85. The van der Waals surface area contributed by atoms with Gasteiger partial charge in [0.15, 0.2) is 5.82 Å². The molecule has 23 heavy (non-hydrogen) atoms. The average molecular weight is 354 g/mol. The number of thioether (sulfide) groups is 1. The number of aryl methyl sites for hydroxylation is 2. The zero-order valence-electron chi connectivity index (χ0n) is 12.7. The molecule has 6 nitrogen and oxygen atoms in total. The van der Waals surface area contributed by atoms with Crippen LogP contribution in [0.3, 0.4) is 0 Å². The van der Waals surface area contributed by atoms with Gasteiger partial charge in [0.2, 0.25) is 11.8 Å². The first kappa shape index (κ1) is 17.4. The molecule has 0 fully saturated rings. The fourth-order valence-corrected chi connectivity index (χ4v) is 2.64. The molecule has 1 aromatic heterocycles. The van der Waals surface area contributed by atoms with Gasteiger partial charge in [0.25, 0.3) is 0 Å². The highest BCUT2D eigenvalue weighted by Gasteiger charge is 2.09. The maximum absolute atomic E-state index is 11.9. The van der Waals surface area contributed by atoms with Crippen molar-refractivity contribution in [3.05, 3.63) is 40.6 Å². The van der Waals surface area contributed by atoms with Crippen molar-refractivity contribution >= 4 is 46.7 Å². The summed E-state index contributed by atoms with van der Waals surface area (Å²) in [5, 5.41) is 9.66. The van der Waals surface area contributed by atoms with Gasteiger partial charge in [-0.25, -0.2) is 0 Å². The molecule has 1 aromatic carbocycles. The van der Waals surface area contributed by atoms with Crippen molar-refractivity contribution in [1.82, 2.24) is 5.16 Å². The molecule has 8 heteroatoms. The summed E-state index contributed by atoms with van der Waals surface area (Å²) in [5.74, 6) is 0.899. The van der Waals surface area contributed by atoms with Crippen LogP contribution < -0.4 is 10.6 Å². The third-order valence-electron chi connectivity index (χ3n) is 2.82. The van der Waals surface area contributed by atoms with Crippen LogP contribution >= 0.6 is 23.4 Å². The molecule has 0 bridgehead atoms. The second-order valence-electron chi connectivity index (χ2n) is 4.87. The molecule has 0 spiro atoms. The first-order valence-electron chi connectivity index (χ1n) is 6.81. The zero-order chi connectivity index (χ0) is 16.8. The van der Waals surface area contributed by atoms with Crippen LogP contribution in [0.15, 0.2) is 28.8 Å². The van der Waals surface area contributed by atoms with E-state index in [4.69, 9.17) is 16.1 Å². The minimum Gasteiger partial charge on any atom is -0.360 e. The number of anilines is 2. The number of aromatic nitrogens is 1. The highest BCUT2D eigenvalue weighted by Crippen LogP contribution is 2.19. The molecule has 0 aliphatic rings. The van der Waals surface area contributed by atoms with Crippen LogP contribution in [0.5, 0.6) is 0 Å². The first-order chi connectivity index (χ1) is 10.9. The molecule has 0 atom stereocenters. The molecule has 0 aliphatic heterocycles. The van der Waals surface area contributed by atoms with E-state index in [-0.39, 0.29) is 23.3 Å². The Hall–Kier alpha value is -1.99. The van der Waals surface area contributed by atoms with E-state index in [0.717, 1.165) is 5.56 Å². The summed E-state index contributed by atoms with van der Waals surface area (Å²) in [6, 6.07) is 6.86. The van der Waals surface area contributed by atoms with Crippen LogP contribution in [-0.2, 0) is 9.59 Å². The Morgan fingerprint density at radius 2 is 1.87 bits per heavy atom. The molecular weight excluding hydrogens is 338 g/mol. The lowest BCUT2D eigenvalue weighted by Crippen LogP contribution is -2.18. The van der Waals surface area contributed by atoms with Crippen molar-refractivity contribution in [1.29, 1.82) is 0 Å². The standard InChI is InChI=1S/C15H16ClN3O3S/c1-9-5-11(16)3-4-12(9)17-14(20)7-23-8-15(21)18-13-6-10(2)22-19-13/h3-6H,7-8H2,1-2H3,(H,17,20)(H,18,19,21). The number of nitrogens with one attached hydrogen (secondary N) is 2. The van der Waals surface area contributed by atoms with E-state index < -0.39 is 0 Å². The third-order valence-corrected chi connectivity index (χ3v) is 3.99. The van der Waals surface area contributed by atoms with Crippen LogP contribution in [0.4, 0.5) is 11.5 Å². The lowest BCUT2D eigenvalue weighted by molar-refractivity contribution is -0.114. The largest absolute Gasteiger partial charge is 0.360 e. The van der Waals surface area contributed by atoms with Crippen molar-refractivity contribution in [3.8, 4) is 0 Å². The van der Waals surface area contributed by atoms with Crippen LogP contribution in [-0.4, -0.2) is 28.5 Å². The molecule has 2 rings (SSSR count). The van der Waals surface area contributed by atoms with Crippen molar-refractivity contribution in [2.75, 3.05) is 22.1 Å². The normalized spacial score (nSPS) is 10.4. The molecule has 0 unspecified atom stereocenters. The lowest BCUT2D eigenvalue weighted by atomic mass is 10.2. The maximum Gasteiger partial charge on any atom is 0.235 e. The monoisotopic (exact) mass is 353 g/mol. The van der Waals surface area contributed by atoms with Gasteiger partial charge in [-0.05, 0) is 37.6 Å². The molecule has 0 radical (unpaired) electrons. The number of hydrogen-bond donors (Lipinski definition) is 2. The summed E-state index contributed by atoms with van der Waals surface area (Å²) in [6.07, 6.45) is 0. The fraction of sp³-hybridized carbons (Fsp3) is 0.267. The Balaban J connectivity index is 1.73. The van der Waals surface area contributed by atoms with Crippen LogP contribution in [0, 0.1) is 13.8 Å². The Morgan fingerprint density at radius 1 is 1.17 bits per heavy atom. The van der Waals surface area contributed by atoms with E-state index >= 15 is 0 Å². The van der Waals surface area contributed by atoms with Gasteiger partial charge in [-0.2, -0.15) is 0 Å². The zero-order valence-corrected chi connectivity index (χ0v) is 14.3. The minimum atomic E-state index is -0.237. The van der Waals surface area contributed by atoms with Gasteiger partial charge in [-0.15, -0.1) is 11.8 Å². The Bertz CT molecular complexity index is 718. The Morgan fingerprint density at radius 3 is 2.48 bits per heavy atom. The molecule has 0 saturated heterocycles. The summed E-state index contributed by atoms with van der Waals surface area (Å²) in [4.78, 5) is 23.6. The fourth-order valence-electron chi connectivity index (χ4n) is 1.79. The average Bonchev–Trinajstić information content (AvgIpc) is 2.87. The predicted molar refractivity (Wildman–Crippen MR) is 92.0 cm³/mol. The van der Waals surface area contributed by atoms with Gasteiger partial charge >= 0.3 is 0 Å². The predicted octanol–water partition coefficient (Wildman–Crippen LogP) is 3.26. The molecule has 122 valence electrons. The van der Waals surface area contributed by atoms with Crippen molar-refractivity contribution < 1.29 is 14.1 Å². The van der Waals surface area contributed by atoms with E-state index in [1.807, 2.05) is 6.92 Å². The minimum absolute atomic E-state index is 0.152. The smallest absolute Gasteiger partial charge is 0.235 e. The van der Waals surface area contributed by atoms with E-state index in [2.05, 4.69) is 15.8 Å². The molecule has 2 amide bonds. The van der Waals surface area contributed by atoms with Gasteiger partial charge in [-0.1, -0.05) is 16.8 Å². The Labute approximate surface area is 142 Å². The van der Waals surface area contributed by atoms with Crippen LogP contribution in [0.2, 0.25) is 5.02 Å². The molecule has 0 saturated carbocycles. The highest BCUT2D eigenvalue weighted by atomic mass is 35.5. The number of carbonyl (C=O) groups excluding carboxylic acids is 2. The van der Waals surface area contributed by atoms with Crippen LogP contribution in [0.25, 0.3) is 0 Å². The number of rotatable bonds is 6. The molecule has 0 aliphatic carbocycles. The van der Waals surface area contributed by atoms with Gasteiger partial charge < -0.3 is 15.2 Å². The summed E-state index contributed by atoms with van der Waals surface area (Å²) in [6.45, 7) is 3.60. The second-order valence-corrected chi connectivity index (χ2v) is 6.29. The molecule has 1 heterocycles. The number of benzene rings is 1. The van der Waals surface area contributed by atoms with Crippen molar-refractivity contribution in [3.63, 3.8) is 0 Å². The van der Waals surface area contributed by atoms with Crippen molar-refractivity contribution in [2.45, 2.75) is 13.8 Å². The van der Waals surface area contributed by atoms with E-state index in [1.165, 1.54) is 11.8 Å². The summed E-state index contributed by atoms with van der Waals surface area (Å²) in [7, 11) is 0. The third kappa shape index (κ3) is 5.61. The SMILES string of the molecule is Cc1cc(NC(=O)CSCC(=O)Nc2ccc(Cl)cc2C)no1. The van der Waals surface area contributed by atoms with Gasteiger partial charge in [0, 0.05) is 16.8 Å². The number of halogens is 1. The van der Waals surface area contributed by atoms with Gasteiger partial charge in [-0.3, -0.25) is 9.59 Å². The summed E-state index contributed by atoms with van der Waals surface area (Å²) in [5.41, 5.74) is 1.59. The molecule has 2 aromatic rings. The Kier molecular flexibility index (Phi) is 6.06. The first-order valence-corrected chi connectivity index (χ1v) is 8.34. The lowest BCUT2D eigenvalue weighted by Gasteiger charge is -2.08. The molecule has 2 N–H and O–H groups in total. The molecular formula is C15H16ClN3O3S. The summed E-state index contributed by atoms with van der Waals surface area (Å²) >= 11 is 7.08. The number of amides is 2. The number of carbonyl (C=O) groups is 2. The van der Waals surface area contributed by atoms with E-state index in [9.17, 15) is 9.59 Å².